The molecular weight excluding hydrogens is 320 g/mol. The van der Waals surface area contributed by atoms with Gasteiger partial charge in [-0.15, -0.1) is 0 Å². The summed E-state index contributed by atoms with van der Waals surface area (Å²) in [6.07, 6.45) is 0. The summed E-state index contributed by atoms with van der Waals surface area (Å²) in [5.41, 5.74) is 5.58. The van der Waals surface area contributed by atoms with Crippen LogP contribution in [-0.4, -0.2) is 9.97 Å². The monoisotopic (exact) mass is 332 g/mol. The average molecular weight is 332 g/mol. The van der Waals surface area contributed by atoms with Crippen molar-refractivity contribution in [1.82, 2.24) is 9.97 Å². The maximum absolute atomic E-state index is 12.4. The first-order valence-electron chi connectivity index (χ1n) is 7.52. The van der Waals surface area contributed by atoms with Gasteiger partial charge in [-0.05, 0) is 16.3 Å². The van der Waals surface area contributed by atoms with Gasteiger partial charge in [-0.3, -0.25) is 14.8 Å². The van der Waals surface area contributed by atoms with E-state index >= 15 is 0 Å². The second kappa shape index (κ2) is 5.39. The Balaban J connectivity index is 2.11. The minimum Gasteiger partial charge on any atom is -0.424 e. The van der Waals surface area contributed by atoms with Gasteiger partial charge < -0.3 is 10.5 Å². The third-order valence-corrected chi connectivity index (χ3v) is 4.25. The van der Waals surface area contributed by atoms with E-state index in [0.29, 0.717) is 0 Å². The molecule has 2 heterocycles. The lowest BCUT2D eigenvalue weighted by Gasteiger charge is -2.25. The highest BCUT2D eigenvalue weighted by Gasteiger charge is 2.34. The van der Waals surface area contributed by atoms with Crippen LogP contribution in [0.3, 0.4) is 0 Å². The van der Waals surface area contributed by atoms with Crippen molar-refractivity contribution in [1.29, 1.82) is 5.26 Å². The van der Waals surface area contributed by atoms with Crippen molar-refractivity contribution in [3.8, 4) is 11.9 Å². The largest absolute Gasteiger partial charge is 0.424 e. The number of hydrogen-bond donors (Lipinski definition) is 3. The van der Waals surface area contributed by atoms with E-state index in [1.807, 2.05) is 48.5 Å². The zero-order valence-electron chi connectivity index (χ0n) is 12.9. The molecule has 0 fully saturated rings. The van der Waals surface area contributed by atoms with Gasteiger partial charge in [0.1, 0.15) is 11.6 Å². The Bertz CT molecular complexity index is 1190. The number of ether oxygens (including phenoxy) is 1. The predicted octanol–water partition coefficient (Wildman–Crippen LogP) is 1.43. The van der Waals surface area contributed by atoms with E-state index in [1.165, 1.54) is 0 Å². The number of allylic oxidation sites excluding steroid dienone is 1. The van der Waals surface area contributed by atoms with Gasteiger partial charge in [-0.25, -0.2) is 4.79 Å². The standard InChI is InChI=1S/C18H12N4O3/c19-8-12-13(11-7-3-5-9-4-1-2-6-10(9)11)14-16(23)21-18(24)22-17(14)25-15(12)20/h1-7,13H,20H2,(H2,21,22,23,24). The summed E-state index contributed by atoms with van der Waals surface area (Å²) in [5, 5.41) is 11.4. The molecule has 0 spiro atoms. The number of hydrogen-bond acceptors (Lipinski definition) is 5. The van der Waals surface area contributed by atoms with Crippen LogP contribution in [0.1, 0.15) is 17.0 Å². The van der Waals surface area contributed by atoms with Crippen LogP contribution < -0.4 is 21.7 Å². The molecule has 1 atom stereocenters. The molecule has 1 aliphatic heterocycles. The Morgan fingerprint density at radius 1 is 1.08 bits per heavy atom. The van der Waals surface area contributed by atoms with Gasteiger partial charge in [0.05, 0.1) is 11.5 Å². The molecule has 3 aromatic rings. The Morgan fingerprint density at radius 3 is 2.64 bits per heavy atom. The number of benzene rings is 2. The number of nitrogens with two attached hydrogens (primary N) is 1. The number of nitriles is 1. The fourth-order valence-electron chi connectivity index (χ4n) is 3.20. The van der Waals surface area contributed by atoms with E-state index in [0.717, 1.165) is 16.3 Å². The highest BCUT2D eigenvalue weighted by molar-refractivity contribution is 5.87. The van der Waals surface area contributed by atoms with Crippen molar-refractivity contribution in [2.24, 2.45) is 5.73 Å². The lowest BCUT2D eigenvalue weighted by Crippen LogP contribution is -2.33. The summed E-state index contributed by atoms with van der Waals surface area (Å²) in [5.74, 6) is -0.905. The molecule has 1 aliphatic rings. The molecule has 0 saturated carbocycles. The van der Waals surface area contributed by atoms with Crippen LogP contribution in [-0.2, 0) is 0 Å². The first kappa shape index (κ1) is 14.8. The van der Waals surface area contributed by atoms with Crippen molar-refractivity contribution in [2.45, 2.75) is 5.92 Å². The molecule has 25 heavy (non-hydrogen) atoms. The summed E-state index contributed by atoms with van der Waals surface area (Å²) >= 11 is 0. The van der Waals surface area contributed by atoms with E-state index in [2.05, 4.69) is 9.97 Å². The molecule has 0 amide bonds. The van der Waals surface area contributed by atoms with Gasteiger partial charge in [-0.1, -0.05) is 42.5 Å². The first-order valence-corrected chi connectivity index (χ1v) is 7.52. The van der Waals surface area contributed by atoms with E-state index in [1.54, 1.807) is 0 Å². The average Bonchev–Trinajstić information content (AvgIpc) is 2.60. The Kier molecular flexibility index (Phi) is 3.18. The lowest BCUT2D eigenvalue weighted by molar-refractivity contribution is 0.373. The van der Waals surface area contributed by atoms with Crippen LogP contribution in [0.25, 0.3) is 10.8 Å². The van der Waals surface area contributed by atoms with Crippen LogP contribution in [0.2, 0.25) is 0 Å². The van der Waals surface area contributed by atoms with Crippen molar-refractivity contribution in [3.05, 3.63) is 85.9 Å². The number of H-pyrrole nitrogens is 2. The molecule has 122 valence electrons. The molecule has 7 nitrogen and oxygen atoms in total. The minimum atomic E-state index is -0.736. The van der Waals surface area contributed by atoms with Crippen LogP contribution in [0.5, 0.6) is 5.88 Å². The van der Waals surface area contributed by atoms with Crippen molar-refractivity contribution in [2.75, 3.05) is 0 Å². The van der Waals surface area contributed by atoms with Gasteiger partial charge >= 0.3 is 5.69 Å². The summed E-state index contributed by atoms with van der Waals surface area (Å²) < 4.78 is 5.32. The third kappa shape index (κ3) is 2.20. The lowest BCUT2D eigenvalue weighted by atomic mass is 9.83. The molecule has 0 radical (unpaired) electrons. The molecule has 0 aliphatic carbocycles. The Hall–Kier alpha value is -3.79. The molecule has 2 aromatic carbocycles. The number of fused-ring (bicyclic) bond motifs is 2. The SMILES string of the molecule is N#CC1=C(N)Oc2[nH]c(=O)[nH]c(=O)c2C1c1cccc2ccccc12. The molecule has 0 saturated heterocycles. The van der Waals surface area contributed by atoms with Gasteiger partial charge in [0.2, 0.25) is 11.8 Å². The third-order valence-electron chi connectivity index (χ3n) is 4.25. The van der Waals surface area contributed by atoms with Crippen LogP contribution in [0.15, 0.2) is 63.5 Å². The van der Waals surface area contributed by atoms with Gasteiger partial charge in [-0.2, -0.15) is 5.26 Å². The zero-order valence-corrected chi connectivity index (χ0v) is 12.9. The maximum atomic E-state index is 12.4. The summed E-state index contributed by atoms with van der Waals surface area (Å²) in [6, 6.07) is 15.3. The normalized spacial score (nSPS) is 16.2. The fourth-order valence-corrected chi connectivity index (χ4v) is 3.20. The molecule has 0 bridgehead atoms. The van der Waals surface area contributed by atoms with Crippen molar-refractivity contribution in [3.63, 3.8) is 0 Å². The maximum Gasteiger partial charge on any atom is 0.328 e. The number of nitrogens with one attached hydrogen (secondary N) is 2. The fraction of sp³-hybridized carbons (Fsp3) is 0.0556. The van der Waals surface area contributed by atoms with Crippen LogP contribution in [0, 0.1) is 11.3 Å². The van der Waals surface area contributed by atoms with E-state index in [9.17, 15) is 14.9 Å². The second-order valence-corrected chi connectivity index (χ2v) is 5.64. The summed E-state index contributed by atoms with van der Waals surface area (Å²) in [4.78, 5) is 28.6. The van der Waals surface area contributed by atoms with E-state index in [4.69, 9.17) is 10.5 Å². The smallest absolute Gasteiger partial charge is 0.328 e. The number of aromatic nitrogens is 2. The predicted molar refractivity (Wildman–Crippen MR) is 90.9 cm³/mol. The molecule has 4 N–H and O–H groups in total. The Labute approximate surface area is 141 Å². The zero-order chi connectivity index (χ0) is 17.6. The van der Waals surface area contributed by atoms with E-state index in [-0.39, 0.29) is 22.9 Å². The van der Waals surface area contributed by atoms with Crippen LogP contribution >= 0.6 is 0 Å². The van der Waals surface area contributed by atoms with E-state index < -0.39 is 17.2 Å². The van der Waals surface area contributed by atoms with Gasteiger partial charge in [0.25, 0.3) is 5.56 Å². The number of rotatable bonds is 1. The highest BCUT2D eigenvalue weighted by atomic mass is 16.5. The molecule has 7 heteroatoms. The topological polar surface area (TPSA) is 125 Å². The van der Waals surface area contributed by atoms with Crippen molar-refractivity contribution >= 4 is 10.8 Å². The molecule has 1 aromatic heterocycles. The second-order valence-electron chi connectivity index (χ2n) is 5.64. The molecule has 4 rings (SSSR count). The highest BCUT2D eigenvalue weighted by Crippen LogP contribution is 2.40. The van der Waals surface area contributed by atoms with Crippen molar-refractivity contribution < 1.29 is 4.74 Å². The molecular formula is C18H12N4O3. The quantitative estimate of drug-likeness (QED) is 0.622. The van der Waals surface area contributed by atoms with Gasteiger partial charge in [0, 0.05) is 0 Å². The van der Waals surface area contributed by atoms with Gasteiger partial charge in [0.15, 0.2) is 0 Å². The first-order chi connectivity index (χ1) is 12.1. The number of nitrogens with zero attached hydrogens (tertiary/aromatic N) is 1. The summed E-state index contributed by atoms with van der Waals surface area (Å²) in [6.45, 7) is 0. The molecule has 1 unspecified atom stereocenters. The number of aromatic amines is 2. The summed E-state index contributed by atoms with van der Waals surface area (Å²) in [7, 11) is 0. The Morgan fingerprint density at radius 2 is 1.84 bits per heavy atom. The minimum absolute atomic E-state index is 0.0387. The van der Waals surface area contributed by atoms with Crippen LogP contribution in [0.4, 0.5) is 0 Å².